The summed E-state index contributed by atoms with van der Waals surface area (Å²) in [5.41, 5.74) is 13.6. The maximum Gasteiger partial charge on any atom is 0.0946 e. The molecular formula is C25H28ClN5. The van der Waals surface area contributed by atoms with Gasteiger partial charge in [-0.1, -0.05) is 23.7 Å². The average molecular weight is 434 g/mol. The van der Waals surface area contributed by atoms with E-state index in [9.17, 15) is 0 Å². The Kier molecular flexibility index (Phi) is 5.42. The molecule has 31 heavy (non-hydrogen) atoms. The quantitative estimate of drug-likeness (QED) is 0.660. The van der Waals surface area contributed by atoms with E-state index in [4.69, 9.17) is 22.3 Å². The molecule has 5 nitrogen and oxygen atoms in total. The third-order valence-corrected chi connectivity index (χ3v) is 7.12. The van der Waals surface area contributed by atoms with Crippen LogP contribution in [0.3, 0.4) is 0 Å². The molecule has 1 saturated heterocycles. The van der Waals surface area contributed by atoms with Gasteiger partial charge in [0, 0.05) is 24.2 Å². The van der Waals surface area contributed by atoms with Gasteiger partial charge in [-0.05, 0) is 85.4 Å². The van der Waals surface area contributed by atoms with Gasteiger partial charge in [-0.3, -0.25) is 4.98 Å². The number of nitrogens with zero attached hydrogens (tertiary/aromatic N) is 4. The molecule has 1 aromatic carbocycles. The van der Waals surface area contributed by atoms with E-state index in [0.29, 0.717) is 5.92 Å². The number of piperidine rings is 1. The molecule has 3 heterocycles. The lowest BCUT2D eigenvalue weighted by Crippen LogP contribution is -2.33. The summed E-state index contributed by atoms with van der Waals surface area (Å²) in [5, 5.41) is 0.725. The van der Waals surface area contributed by atoms with Gasteiger partial charge in [0.25, 0.3) is 0 Å². The number of imidazole rings is 1. The Labute approximate surface area is 188 Å². The molecule has 5 rings (SSSR count). The molecule has 1 aliphatic carbocycles. The van der Waals surface area contributed by atoms with Crippen LogP contribution in [0.4, 0.5) is 0 Å². The zero-order valence-electron chi connectivity index (χ0n) is 18.0. The zero-order chi connectivity index (χ0) is 21.5. The van der Waals surface area contributed by atoms with Gasteiger partial charge in [-0.2, -0.15) is 0 Å². The molecule has 160 valence electrons. The third-order valence-electron chi connectivity index (χ3n) is 6.88. The van der Waals surface area contributed by atoms with Crippen LogP contribution in [0, 0.1) is 5.92 Å². The second-order valence-electron chi connectivity index (χ2n) is 8.83. The first-order valence-electron chi connectivity index (χ1n) is 10.9. The molecule has 1 unspecified atom stereocenters. The summed E-state index contributed by atoms with van der Waals surface area (Å²) in [7, 11) is 4.19. The lowest BCUT2D eigenvalue weighted by atomic mass is 9.76. The summed E-state index contributed by atoms with van der Waals surface area (Å²) in [6, 6.07) is 10.1. The number of hydrogen-bond acceptors (Lipinski definition) is 4. The molecule has 2 aromatic heterocycles. The van der Waals surface area contributed by atoms with Crippen LogP contribution in [0.15, 0.2) is 49.1 Å². The monoisotopic (exact) mass is 433 g/mol. The molecule has 0 bridgehead atoms. The maximum absolute atomic E-state index is 6.85. The molecule has 0 radical (unpaired) electrons. The first-order chi connectivity index (χ1) is 15.0. The Morgan fingerprint density at radius 1 is 1.16 bits per heavy atom. The van der Waals surface area contributed by atoms with Crippen molar-refractivity contribution in [2.24, 2.45) is 18.7 Å². The molecule has 0 saturated carbocycles. The lowest BCUT2D eigenvalue weighted by molar-refractivity contribution is 0.206. The molecule has 3 aromatic rings. The fraction of sp³-hybridized carbons (Fsp3) is 0.360. The highest BCUT2D eigenvalue weighted by Crippen LogP contribution is 2.46. The van der Waals surface area contributed by atoms with E-state index >= 15 is 0 Å². The largest absolute Gasteiger partial charge is 0.336 e. The number of fused-ring (bicyclic) bond motifs is 2. The van der Waals surface area contributed by atoms with Crippen LogP contribution in [-0.2, 0) is 7.05 Å². The van der Waals surface area contributed by atoms with Crippen LogP contribution in [0.5, 0.6) is 0 Å². The molecule has 2 N–H and O–H groups in total. The summed E-state index contributed by atoms with van der Waals surface area (Å²) in [4.78, 5) is 11.6. The fourth-order valence-corrected chi connectivity index (χ4v) is 5.35. The van der Waals surface area contributed by atoms with Gasteiger partial charge in [-0.25, -0.2) is 4.98 Å². The van der Waals surface area contributed by atoms with Gasteiger partial charge in [0.15, 0.2) is 0 Å². The van der Waals surface area contributed by atoms with E-state index in [1.165, 1.54) is 5.56 Å². The van der Waals surface area contributed by atoms with Crippen molar-refractivity contribution in [3.05, 3.63) is 82.2 Å². The third kappa shape index (κ3) is 3.71. The van der Waals surface area contributed by atoms with Gasteiger partial charge in [0.05, 0.1) is 30.0 Å². The van der Waals surface area contributed by atoms with Crippen molar-refractivity contribution in [2.45, 2.75) is 24.8 Å². The molecular weight excluding hydrogens is 406 g/mol. The van der Waals surface area contributed by atoms with E-state index < -0.39 is 0 Å². The minimum Gasteiger partial charge on any atom is -0.336 e. The number of benzene rings is 1. The molecule has 0 amide bonds. The Hall–Kier alpha value is -2.47. The minimum atomic E-state index is -0.311. The average Bonchev–Trinajstić information content (AvgIpc) is 3.14. The van der Waals surface area contributed by atoms with Crippen molar-refractivity contribution in [1.82, 2.24) is 19.4 Å². The second-order valence-corrected chi connectivity index (χ2v) is 9.27. The molecule has 1 fully saturated rings. The number of aromatic nitrogens is 3. The van der Waals surface area contributed by atoms with Crippen molar-refractivity contribution < 1.29 is 0 Å². The Balaban J connectivity index is 1.71. The van der Waals surface area contributed by atoms with Crippen LogP contribution >= 0.6 is 11.6 Å². The Morgan fingerprint density at radius 2 is 1.97 bits per heavy atom. The SMILES string of the molecule is CN1CCC([C@H]2c3ccc(Cl)cc3C(C(N)c3cncn3C)=Cc3cccnc32)CC1. The minimum absolute atomic E-state index is 0.227. The number of halogens is 1. The molecule has 1 aliphatic heterocycles. The van der Waals surface area contributed by atoms with Crippen molar-refractivity contribution in [1.29, 1.82) is 0 Å². The highest BCUT2D eigenvalue weighted by Gasteiger charge is 2.35. The molecule has 2 atom stereocenters. The Morgan fingerprint density at radius 3 is 2.71 bits per heavy atom. The van der Waals surface area contributed by atoms with Gasteiger partial charge >= 0.3 is 0 Å². The summed E-state index contributed by atoms with van der Waals surface area (Å²) < 4.78 is 1.99. The fourth-order valence-electron chi connectivity index (χ4n) is 5.18. The van der Waals surface area contributed by atoms with Crippen molar-refractivity contribution in [3.8, 4) is 0 Å². The topological polar surface area (TPSA) is 60.0 Å². The number of pyridine rings is 1. The zero-order valence-corrected chi connectivity index (χ0v) is 18.8. The van der Waals surface area contributed by atoms with Gasteiger partial charge in [-0.15, -0.1) is 0 Å². The predicted molar refractivity (Wildman–Crippen MR) is 126 cm³/mol. The Bertz CT molecular complexity index is 1130. The van der Waals surface area contributed by atoms with Crippen LogP contribution in [0.2, 0.25) is 5.02 Å². The van der Waals surface area contributed by atoms with Crippen LogP contribution in [0.25, 0.3) is 11.6 Å². The van der Waals surface area contributed by atoms with Gasteiger partial charge < -0.3 is 15.2 Å². The van der Waals surface area contributed by atoms with E-state index in [1.54, 1.807) is 6.33 Å². The van der Waals surface area contributed by atoms with Crippen molar-refractivity contribution in [2.75, 3.05) is 20.1 Å². The van der Waals surface area contributed by atoms with Gasteiger partial charge in [0.1, 0.15) is 0 Å². The summed E-state index contributed by atoms with van der Waals surface area (Å²) in [6.45, 7) is 2.22. The first-order valence-corrected chi connectivity index (χ1v) is 11.3. The normalized spacial score (nSPS) is 20.5. The number of hydrogen-bond donors (Lipinski definition) is 1. The maximum atomic E-state index is 6.85. The molecule has 0 spiro atoms. The molecule has 6 heteroatoms. The van der Waals surface area contributed by atoms with E-state index in [0.717, 1.165) is 59.0 Å². The highest BCUT2D eigenvalue weighted by atomic mass is 35.5. The lowest BCUT2D eigenvalue weighted by Gasteiger charge is -2.35. The van der Waals surface area contributed by atoms with Crippen molar-refractivity contribution >= 4 is 23.3 Å². The summed E-state index contributed by atoms with van der Waals surface area (Å²) in [5.74, 6) is 0.759. The van der Waals surface area contributed by atoms with E-state index in [1.807, 2.05) is 36.1 Å². The smallest absolute Gasteiger partial charge is 0.0946 e. The standard InChI is InChI=1S/C25H28ClN5/c1-30-10-7-16(8-11-30)23-19-6-5-18(26)13-20(19)21(12-17-4-3-9-29-25(17)23)24(27)22-14-28-15-31(22)2/h3-6,9,12-16,23-24H,7-8,10-11,27H2,1-2H3/t23-,24?/m0/s1. The number of likely N-dealkylation sites (tertiary alicyclic amines) is 1. The number of aryl methyl sites for hydroxylation is 1. The van der Waals surface area contributed by atoms with Crippen LogP contribution in [0.1, 0.15) is 52.9 Å². The highest BCUT2D eigenvalue weighted by molar-refractivity contribution is 6.30. The van der Waals surface area contributed by atoms with E-state index in [2.05, 4.69) is 41.2 Å². The number of rotatable bonds is 3. The van der Waals surface area contributed by atoms with Crippen molar-refractivity contribution in [3.63, 3.8) is 0 Å². The predicted octanol–water partition coefficient (Wildman–Crippen LogP) is 4.50. The van der Waals surface area contributed by atoms with Gasteiger partial charge in [0.2, 0.25) is 0 Å². The summed E-state index contributed by atoms with van der Waals surface area (Å²) >= 11 is 6.51. The second kappa shape index (κ2) is 8.23. The number of nitrogens with two attached hydrogens (primary N) is 1. The molecule has 2 aliphatic rings. The van der Waals surface area contributed by atoms with Crippen LogP contribution < -0.4 is 5.73 Å². The first kappa shape index (κ1) is 20.4. The summed E-state index contributed by atoms with van der Waals surface area (Å²) in [6.07, 6.45) is 10.1. The van der Waals surface area contributed by atoms with Crippen LogP contribution in [-0.4, -0.2) is 39.6 Å². The van der Waals surface area contributed by atoms with E-state index in [-0.39, 0.29) is 12.0 Å².